The normalized spacial score (nSPS) is 22.3. The Hall–Kier alpha value is -0.610. The van der Waals surface area contributed by atoms with E-state index < -0.39 is 11.5 Å². The summed E-state index contributed by atoms with van der Waals surface area (Å²) in [6.07, 6.45) is 0.798. The third-order valence-electron chi connectivity index (χ3n) is 2.75. The summed E-state index contributed by atoms with van der Waals surface area (Å²) in [5.74, 6) is -0.624. The fourth-order valence-electron chi connectivity index (χ4n) is 1.94. The van der Waals surface area contributed by atoms with Crippen LogP contribution in [0.4, 0.5) is 4.39 Å². The van der Waals surface area contributed by atoms with E-state index in [1.54, 1.807) is 11.3 Å². The third kappa shape index (κ3) is 1.88. The molecule has 1 amide bonds. The maximum absolute atomic E-state index is 12.7. The van der Waals surface area contributed by atoms with Gasteiger partial charge in [-0.25, -0.2) is 4.39 Å². The molecule has 15 heavy (non-hydrogen) atoms. The molecule has 0 radical (unpaired) electrons. The van der Waals surface area contributed by atoms with Crippen molar-refractivity contribution in [3.63, 3.8) is 0 Å². The fraction of sp³-hybridized carbons (Fsp3) is 0.500. The van der Waals surface area contributed by atoms with Gasteiger partial charge in [0.2, 0.25) is 0 Å². The molecule has 0 aromatic carbocycles. The first-order chi connectivity index (χ1) is 7.11. The van der Waals surface area contributed by atoms with Gasteiger partial charge in [-0.15, -0.1) is 11.3 Å². The molecule has 0 N–H and O–H groups in total. The van der Waals surface area contributed by atoms with Gasteiger partial charge in [-0.2, -0.15) is 0 Å². The van der Waals surface area contributed by atoms with Gasteiger partial charge >= 0.3 is 0 Å². The molecule has 1 aromatic rings. The van der Waals surface area contributed by atoms with Gasteiger partial charge in [-0.3, -0.25) is 4.79 Å². The Morgan fingerprint density at radius 3 is 3.20 bits per heavy atom. The second-order valence-corrected chi connectivity index (χ2v) is 4.94. The van der Waals surface area contributed by atoms with Crippen LogP contribution >= 0.6 is 22.9 Å². The lowest BCUT2D eigenvalue weighted by molar-refractivity contribution is -0.136. The zero-order valence-electron chi connectivity index (χ0n) is 8.24. The van der Waals surface area contributed by atoms with Crippen molar-refractivity contribution in [2.75, 3.05) is 6.54 Å². The molecule has 2 atom stereocenters. The molecule has 0 saturated carbocycles. The van der Waals surface area contributed by atoms with Crippen molar-refractivity contribution in [2.24, 2.45) is 0 Å². The molecule has 0 saturated heterocycles. The first-order valence-corrected chi connectivity index (χ1v) is 6.07. The highest BCUT2D eigenvalue weighted by atomic mass is 35.5. The van der Waals surface area contributed by atoms with Gasteiger partial charge in [0.05, 0.1) is 6.04 Å². The van der Waals surface area contributed by atoms with Gasteiger partial charge in [0.1, 0.15) is 0 Å². The molecule has 2 heterocycles. The van der Waals surface area contributed by atoms with E-state index >= 15 is 0 Å². The Bertz CT molecular complexity index is 379. The third-order valence-corrected chi connectivity index (χ3v) is 3.93. The summed E-state index contributed by atoms with van der Waals surface area (Å²) in [7, 11) is 0. The molecule has 0 aliphatic carbocycles. The number of amides is 1. The van der Waals surface area contributed by atoms with Crippen LogP contribution in [-0.4, -0.2) is 23.0 Å². The van der Waals surface area contributed by atoms with E-state index in [9.17, 15) is 9.18 Å². The minimum absolute atomic E-state index is 0.0653. The van der Waals surface area contributed by atoms with Crippen molar-refractivity contribution >= 4 is 28.8 Å². The SMILES string of the molecule is CC1c2ccsc2CCN1C(=O)C(F)Cl. The van der Waals surface area contributed by atoms with Crippen LogP contribution < -0.4 is 0 Å². The molecule has 2 unspecified atom stereocenters. The minimum Gasteiger partial charge on any atom is -0.332 e. The van der Waals surface area contributed by atoms with Crippen molar-refractivity contribution in [1.82, 2.24) is 4.90 Å². The number of carbonyl (C=O) groups is 1. The Morgan fingerprint density at radius 2 is 2.53 bits per heavy atom. The average molecular weight is 248 g/mol. The lowest BCUT2D eigenvalue weighted by Gasteiger charge is -2.33. The molecule has 0 fully saturated rings. The average Bonchev–Trinajstić information content (AvgIpc) is 2.66. The smallest absolute Gasteiger partial charge is 0.273 e. The Kier molecular flexibility index (Phi) is 2.98. The molecular formula is C10H11ClFNOS. The van der Waals surface area contributed by atoms with Crippen LogP contribution in [0, 0.1) is 0 Å². The van der Waals surface area contributed by atoms with E-state index in [1.807, 2.05) is 18.4 Å². The number of nitrogens with zero attached hydrogens (tertiary/aromatic N) is 1. The molecule has 2 rings (SSSR count). The Morgan fingerprint density at radius 1 is 1.80 bits per heavy atom. The number of alkyl halides is 2. The van der Waals surface area contributed by atoms with Crippen LogP contribution in [0.15, 0.2) is 11.4 Å². The van der Waals surface area contributed by atoms with Crippen molar-refractivity contribution in [3.05, 3.63) is 21.9 Å². The van der Waals surface area contributed by atoms with Crippen LogP contribution in [-0.2, 0) is 11.2 Å². The lowest BCUT2D eigenvalue weighted by atomic mass is 10.0. The fourth-order valence-corrected chi connectivity index (χ4v) is 3.02. The summed E-state index contributed by atoms with van der Waals surface area (Å²) in [4.78, 5) is 14.3. The summed E-state index contributed by atoms with van der Waals surface area (Å²) in [6, 6.07) is 1.93. The molecule has 1 aliphatic heterocycles. The van der Waals surface area contributed by atoms with Gasteiger partial charge in [-0.05, 0) is 30.4 Å². The molecule has 82 valence electrons. The minimum atomic E-state index is -1.92. The van der Waals surface area contributed by atoms with E-state index in [2.05, 4.69) is 0 Å². The second-order valence-electron chi connectivity index (χ2n) is 3.56. The topological polar surface area (TPSA) is 20.3 Å². The summed E-state index contributed by atoms with van der Waals surface area (Å²) >= 11 is 6.86. The van der Waals surface area contributed by atoms with Crippen molar-refractivity contribution < 1.29 is 9.18 Å². The highest BCUT2D eigenvalue weighted by molar-refractivity contribution is 7.10. The lowest BCUT2D eigenvalue weighted by Crippen LogP contribution is -2.41. The standard InChI is InChI=1S/C10H11ClFNOS/c1-6-7-3-5-15-8(7)2-4-13(6)10(14)9(11)12/h3,5-6,9H,2,4H2,1H3. The van der Waals surface area contributed by atoms with E-state index in [0.29, 0.717) is 6.54 Å². The summed E-state index contributed by atoms with van der Waals surface area (Å²) in [5.41, 5.74) is -0.801. The number of thiophene rings is 1. The zero-order chi connectivity index (χ0) is 11.0. The van der Waals surface area contributed by atoms with Crippen LogP contribution in [0.1, 0.15) is 23.4 Å². The number of hydrogen-bond acceptors (Lipinski definition) is 2. The Balaban J connectivity index is 2.23. The summed E-state index contributed by atoms with van der Waals surface area (Å²) in [6.45, 7) is 2.46. The molecule has 2 nitrogen and oxygen atoms in total. The van der Waals surface area contributed by atoms with E-state index in [4.69, 9.17) is 11.6 Å². The summed E-state index contributed by atoms with van der Waals surface area (Å²) < 4.78 is 12.7. The monoisotopic (exact) mass is 247 g/mol. The van der Waals surface area contributed by atoms with E-state index in [-0.39, 0.29) is 6.04 Å². The van der Waals surface area contributed by atoms with Crippen molar-refractivity contribution in [3.8, 4) is 0 Å². The van der Waals surface area contributed by atoms with Crippen LogP contribution in [0.2, 0.25) is 0 Å². The van der Waals surface area contributed by atoms with Gasteiger partial charge in [0, 0.05) is 11.4 Å². The number of hydrogen-bond donors (Lipinski definition) is 0. The Labute approximate surface area is 96.6 Å². The predicted octanol–water partition coefficient (Wildman–Crippen LogP) is 2.73. The van der Waals surface area contributed by atoms with Gasteiger partial charge in [0.25, 0.3) is 11.5 Å². The van der Waals surface area contributed by atoms with Crippen LogP contribution in [0.5, 0.6) is 0 Å². The van der Waals surface area contributed by atoms with Crippen molar-refractivity contribution in [1.29, 1.82) is 0 Å². The number of carbonyl (C=O) groups excluding carboxylic acids is 1. The zero-order valence-corrected chi connectivity index (χ0v) is 9.82. The predicted molar refractivity (Wildman–Crippen MR) is 58.9 cm³/mol. The molecule has 1 aromatic heterocycles. The number of rotatable bonds is 1. The molecule has 1 aliphatic rings. The highest BCUT2D eigenvalue weighted by Crippen LogP contribution is 2.33. The van der Waals surface area contributed by atoms with Gasteiger partial charge < -0.3 is 4.90 Å². The number of halogens is 2. The van der Waals surface area contributed by atoms with E-state index in [0.717, 1.165) is 12.0 Å². The molecule has 0 spiro atoms. The first kappa shape index (κ1) is 10.9. The molecule has 5 heteroatoms. The largest absolute Gasteiger partial charge is 0.332 e. The highest BCUT2D eigenvalue weighted by Gasteiger charge is 2.31. The second kappa shape index (κ2) is 4.10. The van der Waals surface area contributed by atoms with Crippen LogP contribution in [0.3, 0.4) is 0 Å². The van der Waals surface area contributed by atoms with Gasteiger partial charge in [-0.1, -0.05) is 11.6 Å². The maximum Gasteiger partial charge on any atom is 0.273 e. The van der Waals surface area contributed by atoms with E-state index in [1.165, 1.54) is 9.78 Å². The first-order valence-electron chi connectivity index (χ1n) is 4.76. The molecule has 0 bridgehead atoms. The van der Waals surface area contributed by atoms with Crippen molar-refractivity contribution in [2.45, 2.75) is 25.0 Å². The summed E-state index contributed by atoms with van der Waals surface area (Å²) in [5, 5.41) is 2.00. The number of fused-ring (bicyclic) bond motifs is 1. The molecular weight excluding hydrogens is 237 g/mol. The van der Waals surface area contributed by atoms with Gasteiger partial charge in [0.15, 0.2) is 0 Å². The quantitative estimate of drug-likeness (QED) is 0.699. The van der Waals surface area contributed by atoms with Crippen LogP contribution in [0.25, 0.3) is 0 Å². The maximum atomic E-state index is 12.7.